The third-order valence-corrected chi connectivity index (χ3v) is 5.71. The summed E-state index contributed by atoms with van der Waals surface area (Å²) in [6.45, 7) is 6.13. The van der Waals surface area contributed by atoms with Crippen molar-refractivity contribution in [3.63, 3.8) is 0 Å². The lowest BCUT2D eigenvalue weighted by Crippen LogP contribution is -2.48. The van der Waals surface area contributed by atoms with E-state index >= 15 is 0 Å². The number of piperazine rings is 1. The number of amides is 1. The van der Waals surface area contributed by atoms with Gasteiger partial charge in [0.2, 0.25) is 0 Å². The van der Waals surface area contributed by atoms with E-state index < -0.39 is 0 Å². The second kappa shape index (κ2) is 8.75. The Morgan fingerprint density at radius 2 is 2.03 bits per heavy atom. The topological polar surface area (TPSA) is 67.2 Å². The van der Waals surface area contributed by atoms with Crippen LogP contribution in [0.1, 0.15) is 29.4 Å². The minimum atomic E-state index is -0.0507. The van der Waals surface area contributed by atoms with Crippen molar-refractivity contribution >= 4 is 22.2 Å². The van der Waals surface area contributed by atoms with Crippen LogP contribution >= 0.6 is 11.3 Å². The van der Waals surface area contributed by atoms with Crippen LogP contribution in [0.3, 0.4) is 0 Å². The number of ether oxygens (including phenoxy) is 1. The van der Waals surface area contributed by atoms with Crippen LogP contribution < -0.4 is 10.3 Å². The van der Waals surface area contributed by atoms with Crippen LogP contribution in [0, 0.1) is 0 Å². The summed E-state index contributed by atoms with van der Waals surface area (Å²) in [5.41, 5.74) is 1.38. The van der Waals surface area contributed by atoms with E-state index in [0.717, 1.165) is 31.0 Å². The second-order valence-corrected chi connectivity index (χ2v) is 7.96. The second-order valence-electron chi connectivity index (χ2n) is 7.09. The van der Waals surface area contributed by atoms with Crippen molar-refractivity contribution in [2.45, 2.75) is 19.9 Å². The van der Waals surface area contributed by atoms with E-state index in [1.165, 1.54) is 11.3 Å². The van der Waals surface area contributed by atoms with Crippen molar-refractivity contribution in [3.05, 3.63) is 63.5 Å². The molecule has 0 saturated carbocycles. The molecule has 7 nitrogen and oxygen atoms in total. The molecule has 0 unspecified atom stereocenters. The molecular weight excluding hydrogens is 388 g/mol. The largest absolute Gasteiger partial charge is 0.494 e. The zero-order valence-electron chi connectivity index (χ0n) is 16.4. The van der Waals surface area contributed by atoms with E-state index in [1.54, 1.807) is 16.7 Å². The van der Waals surface area contributed by atoms with Crippen LogP contribution in [0.15, 0.2) is 46.7 Å². The third-order valence-electron chi connectivity index (χ3n) is 4.96. The molecule has 0 bridgehead atoms. The highest BCUT2D eigenvalue weighted by Crippen LogP contribution is 2.17. The van der Waals surface area contributed by atoms with Crippen molar-refractivity contribution in [1.29, 1.82) is 0 Å². The molecule has 4 rings (SSSR count). The molecule has 3 heterocycles. The molecular formula is C21H24N4O3S. The summed E-state index contributed by atoms with van der Waals surface area (Å²) in [6, 6.07) is 8.99. The highest BCUT2D eigenvalue weighted by atomic mass is 32.1. The maximum absolute atomic E-state index is 12.8. The molecule has 0 N–H and O–H groups in total. The summed E-state index contributed by atoms with van der Waals surface area (Å²) in [5.74, 6) is 0.764. The smallest absolute Gasteiger partial charge is 0.258 e. The maximum atomic E-state index is 12.8. The Bertz CT molecular complexity index is 1050. The molecule has 0 atom stereocenters. The summed E-state index contributed by atoms with van der Waals surface area (Å²) in [7, 11) is 0. The molecule has 0 spiro atoms. The van der Waals surface area contributed by atoms with Crippen LogP contribution in [-0.2, 0) is 6.54 Å². The lowest BCUT2D eigenvalue weighted by Gasteiger charge is -2.34. The minimum absolute atomic E-state index is 0.0305. The number of fused-ring (bicyclic) bond motifs is 1. The lowest BCUT2D eigenvalue weighted by molar-refractivity contribution is 0.0626. The molecule has 3 aromatic rings. The van der Waals surface area contributed by atoms with Gasteiger partial charge in [0, 0.05) is 55.9 Å². The van der Waals surface area contributed by atoms with Crippen LogP contribution in [-0.4, -0.2) is 57.9 Å². The molecule has 8 heteroatoms. The number of nitrogens with zero attached hydrogens (tertiary/aromatic N) is 4. The van der Waals surface area contributed by atoms with E-state index in [4.69, 9.17) is 4.74 Å². The summed E-state index contributed by atoms with van der Waals surface area (Å²) >= 11 is 1.46. The van der Waals surface area contributed by atoms with Gasteiger partial charge >= 0.3 is 0 Å². The Morgan fingerprint density at radius 1 is 1.21 bits per heavy atom. The molecule has 1 aromatic carbocycles. The van der Waals surface area contributed by atoms with Crippen LogP contribution in [0.4, 0.5) is 0 Å². The average Bonchev–Trinajstić information content (AvgIpc) is 3.22. The van der Waals surface area contributed by atoms with Crippen molar-refractivity contribution in [1.82, 2.24) is 19.2 Å². The fourth-order valence-electron chi connectivity index (χ4n) is 3.43. The monoisotopic (exact) mass is 412 g/mol. The Morgan fingerprint density at radius 3 is 2.83 bits per heavy atom. The van der Waals surface area contributed by atoms with Crippen LogP contribution in [0.25, 0.3) is 4.96 Å². The predicted molar refractivity (Wildman–Crippen MR) is 113 cm³/mol. The SMILES string of the molecule is CCCOc1cccc(C(=O)N2CCN(Cc3cc(=O)n4ccsc4n3)CC2)c1. The van der Waals surface area contributed by atoms with Gasteiger partial charge < -0.3 is 9.64 Å². The van der Waals surface area contributed by atoms with E-state index in [9.17, 15) is 9.59 Å². The summed E-state index contributed by atoms with van der Waals surface area (Å²) in [6.07, 6.45) is 2.67. The van der Waals surface area contributed by atoms with E-state index in [-0.39, 0.29) is 11.5 Å². The van der Waals surface area contributed by atoms with Crippen LogP contribution in [0.5, 0.6) is 5.75 Å². The molecule has 0 aliphatic carbocycles. The van der Waals surface area contributed by atoms with Gasteiger partial charge in [0.25, 0.3) is 11.5 Å². The Labute approximate surface area is 173 Å². The van der Waals surface area contributed by atoms with Gasteiger partial charge in [-0.25, -0.2) is 4.98 Å². The zero-order valence-corrected chi connectivity index (χ0v) is 17.2. The molecule has 0 radical (unpaired) electrons. The van der Waals surface area contributed by atoms with Gasteiger partial charge in [-0.2, -0.15) is 0 Å². The van der Waals surface area contributed by atoms with Gasteiger partial charge in [0.1, 0.15) is 5.75 Å². The summed E-state index contributed by atoms with van der Waals surface area (Å²) < 4.78 is 7.20. The van der Waals surface area contributed by atoms with Gasteiger partial charge in [0.05, 0.1) is 12.3 Å². The summed E-state index contributed by atoms with van der Waals surface area (Å²) in [5, 5.41) is 1.86. The number of benzene rings is 1. The molecule has 1 saturated heterocycles. The van der Waals surface area contributed by atoms with Gasteiger partial charge in [-0.1, -0.05) is 13.0 Å². The molecule has 152 valence electrons. The Hall–Kier alpha value is -2.71. The van der Waals surface area contributed by atoms with Crippen molar-refractivity contribution < 1.29 is 9.53 Å². The fraction of sp³-hybridized carbons (Fsp3) is 0.381. The Balaban J connectivity index is 1.36. The summed E-state index contributed by atoms with van der Waals surface area (Å²) in [4.78, 5) is 34.4. The molecule has 1 amide bonds. The molecule has 29 heavy (non-hydrogen) atoms. The van der Waals surface area contributed by atoms with Crippen molar-refractivity contribution in [2.75, 3.05) is 32.8 Å². The first kappa shape index (κ1) is 19.6. The van der Waals surface area contributed by atoms with Crippen molar-refractivity contribution in [2.24, 2.45) is 0 Å². The number of carbonyl (C=O) groups is 1. The number of rotatable bonds is 6. The quantitative estimate of drug-likeness (QED) is 0.622. The minimum Gasteiger partial charge on any atom is -0.494 e. The highest BCUT2D eigenvalue weighted by molar-refractivity contribution is 7.15. The van der Waals surface area contributed by atoms with E-state index in [1.807, 2.05) is 34.5 Å². The number of hydrogen-bond acceptors (Lipinski definition) is 6. The molecule has 2 aromatic heterocycles. The number of thiazole rings is 1. The number of aromatic nitrogens is 2. The first-order chi connectivity index (χ1) is 14.1. The van der Waals surface area contributed by atoms with Gasteiger partial charge in [0.15, 0.2) is 4.96 Å². The lowest BCUT2D eigenvalue weighted by atomic mass is 10.1. The van der Waals surface area contributed by atoms with Gasteiger partial charge in [-0.3, -0.25) is 18.9 Å². The number of carbonyl (C=O) groups excluding carboxylic acids is 1. The molecule has 1 aliphatic rings. The standard InChI is InChI=1S/C21H24N4O3S/c1-2-11-28-18-5-3-4-16(13-18)20(27)24-8-6-23(7-9-24)15-17-14-19(26)25-10-12-29-21(25)22-17/h3-5,10,12-14H,2,6-9,11,15H2,1H3. The maximum Gasteiger partial charge on any atom is 0.258 e. The number of hydrogen-bond donors (Lipinski definition) is 0. The molecule has 1 aliphatic heterocycles. The van der Waals surface area contributed by atoms with Gasteiger partial charge in [-0.05, 0) is 24.6 Å². The fourth-order valence-corrected chi connectivity index (χ4v) is 4.17. The van der Waals surface area contributed by atoms with E-state index in [2.05, 4.69) is 16.8 Å². The predicted octanol–water partition coefficient (Wildman–Crippen LogP) is 2.50. The first-order valence-corrected chi connectivity index (χ1v) is 10.7. The molecule has 1 fully saturated rings. The van der Waals surface area contributed by atoms with E-state index in [0.29, 0.717) is 36.8 Å². The van der Waals surface area contributed by atoms with Gasteiger partial charge in [-0.15, -0.1) is 11.3 Å². The van der Waals surface area contributed by atoms with Crippen LogP contribution in [0.2, 0.25) is 0 Å². The third kappa shape index (κ3) is 4.49. The highest BCUT2D eigenvalue weighted by Gasteiger charge is 2.23. The van der Waals surface area contributed by atoms with Crippen molar-refractivity contribution in [3.8, 4) is 5.75 Å². The Kier molecular flexibility index (Phi) is 5.92. The first-order valence-electron chi connectivity index (χ1n) is 9.84. The average molecular weight is 413 g/mol. The zero-order chi connectivity index (χ0) is 20.2. The normalized spacial score (nSPS) is 15.0.